The summed E-state index contributed by atoms with van der Waals surface area (Å²) in [7, 11) is 0. The molecule has 0 fully saturated rings. The predicted octanol–water partition coefficient (Wildman–Crippen LogP) is 4.48. The van der Waals surface area contributed by atoms with Crippen LogP contribution in [0.5, 0.6) is 0 Å². The average molecular weight is 380 g/mol. The van der Waals surface area contributed by atoms with Crippen molar-refractivity contribution in [2.24, 2.45) is 0 Å². The molecule has 1 amide bonds. The zero-order chi connectivity index (χ0) is 19.4. The number of rotatable bonds is 5. The van der Waals surface area contributed by atoms with Crippen molar-refractivity contribution in [2.75, 3.05) is 10.6 Å². The highest BCUT2D eigenvalue weighted by Gasteiger charge is 2.11. The summed E-state index contributed by atoms with van der Waals surface area (Å²) in [5, 5.41) is 6.20. The fourth-order valence-corrected chi connectivity index (χ4v) is 2.63. The smallest absolute Gasteiger partial charge is 0.258 e. The molecule has 1 aromatic heterocycles. The summed E-state index contributed by atoms with van der Waals surface area (Å²) < 4.78 is 0. The van der Waals surface area contributed by atoms with Crippen LogP contribution in [0.3, 0.4) is 0 Å². The van der Waals surface area contributed by atoms with Crippen LogP contribution in [0.15, 0.2) is 55.1 Å². The van der Waals surface area contributed by atoms with Crippen LogP contribution in [0.4, 0.5) is 11.9 Å². The first-order valence-corrected chi connectivity index (χ1v) is 8.61. The summed E-state index contributed by atoms with van der Waals surface area (Å²) >= 11 is 5.93. The van der Waals surface area contributed by atoms with Gasteiger partial charge in [-0.25, -0.2) is 0 Å². The van der Waals surface area contributed by atoms with Crippen LogP contribution in [-0.4, -0.2) is 20.9 Å². The van der Waals surface area contributed by atoms with E-state index >= 15 is 0 Å². The van der Waals surface area contributed by atoms with E-state index in [1.165, 1.54) is 0 Å². The van der Waals surface area contributed by atoms with Crippen LogP contribution < -0.4 is 10.6 Å². The first-order valence-electron chi connectivity index (χ1n) is 8.23. The van der Waals surface area contributed by atoms with Crippen molar-refractivity contribution in [3.8, 4) is 0 Å². The van der Waals surface area contributed by atoms with E-state index in [0.29, 0.717) is 28.1 Å². The minimum atomic E-state index is -0.355. The molecule has 0 saturated carbocycles. The third kappa shape index (κ3) is 4.89. The number of nitrogens with one attached hydrogen (secondary N) is 2. The lowest BCUT2D eigenvalue weighted by molar-refractivity contribution is 0.102. The van der Waals surface area contributed by atoms with Gasteiger partial charge in [-0.1, -0.05) is 48.0 Å². The number of amides is 1. The second kappa shape index (κ2) is 7.97. The van der Waals surface area contributed by atoms with Gasteiger partial charge < -0.3 is 5.32 Å². The molecule has 6 nitrogen and oxygen atoms in total. The molecule has 136 valence electrons. The molecule has 1 heterocycles. The Bertz CT molecular complexity index is 941. The number of aromatic nitrogens is 3. The van der Waals surface area contributed by atoms with Crippen LogP contribution in [-0.2, 0) is 0 Å². The molecule has 0 aliphatic heterocycles. The molecule has 27 heavy (non-hydrogen) atoms. The van der Waals surface area contributed by atoms with Crippen molar-refractivity contribution in [1.29, 1.82) is 0 Å². The van der Waals surface area contributed by atoms with Gasteiger partial charge in [-0.15, -0.1) is 0 Å². The van der Waals surface area contributed by atoms with Gasteiger partial charge in [0.05, 0.1) is 0 Å². The van der Waals surface area contributed by atoms with E-state index in [1.807, 2.05) is 31.2 Å². The molecule has 3 rings (SSSR count). The second-order valence-corrected chi connectivity index (χ2v) is 6.40. The van der Waals surface area contributed by atoms with Gasteiger partial charge in [0.25, 0.3) is 5.91 Å². The Kier molecular flexibility index (Phi) is 5.47. The molecule has 3 aromatic rings. The molecule has 0 unspecified atom stereocenters. The first-order chi connectivity index (χ1) is 12.9. The summed E-state index contributed by atoms with van der Waals surface area (Å²) in [6, 6.07) is 14.5. The minimum absolute atomic E-state index is 0.145. The Balaban J connectivity index is 1.78. The highest BCUT2D eigenvalue weighted by Crippen LogP contribution is 2.17. The number of hydrogen-bond acceptors (Lipinski definition) is 5. The van der Waals surface area contributed by atoms with E-state index in [9.17, 15) is 4.79 Å². The van der Waals surface area contributed by atoms with Crippen molar-refractivity contribution < 1.29 is 4.79 Å². The van der Waals surface area contributed by atoms with Crippen molar-refractivity contribution >= 4 is 35.1 Å². The monoisotopic (exact) mass is 379 g/mol. The summed E-state index contributed by atoms with van der Waals surface area (Å²) in [6.07, 6.45) is 0. The maximum Gasteiger partial charge on any atom is 0.258 e. The third-order valence-electron chi connectivity index (χ3n) is 3.69. The van der Waals surface area contributed by atoms with Crippen LogP contribution in [0, 0.1) is 13.8 Å². The Labute approximate surface area is 162 Å². The molecule has 2 N–H and O–H groups in total. The lowest BCUT2D eigenvalue weighted by atomic mass is 10.1. The van der Waals surface area contributed by atoms with Gasteiger partial charge in [-0.3, -0.25) is 10.1 Å². The molecule has 0 bridgehead atoms. The van der Waals surface area contributed by atoms with E-state index in [-0.39, 0.29) is 11.9 Å². The number of aryl methyl sites for hydroxylation is 2. The average Bonchev–Trinajstić information content (AvgIpc) is 2.61. The summed E-state index contributed by atoms with van der Waals surface area (Å²) in [5.41, 5.74) is 3.12. The van der Waals surface area contributed by atoms with Gasteiger partial charge >= 0.3 is 0 Å². The molecule has 0 spiro atoms. The van der Waals surface area contributed by atoms with E-state index in [4.69, 9.17) is 11.6 Å². The zero-order valence-corrected chi connectivity index (χ0v) is 15.7. The maximum atomic E-state index is 12.4. The summed E-state index contributed by atoms with van der Waals surface area (Å²) in [6.45, 7) is 7.75. The van der Waals surface area contributed by atoms with E-state index in [0.717, 1.165) is 11.1 Å². The Hall–Kier alpha value is -3.25. The van der Waals surface area contributed by atoms with Gasteiger partial charge in [0.2, 0.25) is 11.9 Å². The van der Waals surface area contributed by atoms with Crippen LogP contribution in [0.25, 0.3) is 5.70 Å². The maximum absolute atomic E-state index is 12.4. The molecule has 0 saturated heterocycles. The minimum Gasteiger partial charge on any atom is -0.324 e. The van der Waals surface area contributed by atoms with E-state index in [1.54, 1.807) is 31.2 Å². The number of carbonyl (C=O) groups excluding carboxylic acids is 1. The number of benzene rings is 2. The Morgan fingerprint density at radius 2 is 1.59 bits per heavy atom. The van der Waals surface area contributed by atoms with E-state index < -0.39 is 0 Å². The van der Waals surface area contributed by atoms with E-state index in [2.05, 4.69) is 32.2 Å². The van der Waals surface area contributed by atoms with Gasteiger partial charge in [0.15, 0.2) is 0 Å². The van der Waals surface area contributed by atoms with Crippen molar-refractivity contribution in [2.45, 2.75) is 13.8 Å². The van der Waals surface area contributed by atoms with Gasteiger partial charge in [-0.2, -0.15) is 15.0 Å². The number of halogens is 1. The van der Waals surface area contributed by atoms with Gasteiger partial charge in [-0.05, 0) is 43.7 Å². The number of hydrogen-bond donors (Lipinski definition) is 2. The predicted molar refractivity (Wildman–Crippen MR) is 108 cm³/mol. The van der Waals surface area contributed by atoms with Crippen molar-refractivity contribution in [1.82, 2.24) is 15.0 Å². The Morgan fingerprint density at radius 1 is 0.926 bits per heavy atom. The molecule has 0 aliphatic rings. The second-order valence-electron chi connectivity index (χ2n) is 5.97. The highest BCUT2D eigenvalue weighted by atomic mass is 35.5. The Morgan fingerprint density at radius 3 is 2.30 bits per heavy atom. The van der Waals surface area contributed by atoms with Crippen molar-refractivity contribution in [3.63, 3.8) is 0 Å². The number of carbonyl (C=O) groups is 1. The lowest BCUT2D eigenvalue weighted by Gasteiger charge is -2.11. The molecule has 0 aliphatic carbocycles. The van der Waals surface area contributed by atoms with Crippen LogP contribution in [0.1, 0.15) is 27.3 Å². The fourth-order valence-electron chi connectivity index (χ4n) is 2.44. The normalized spacial score (nSPS) is 10.3. The number of nitrogens with zero attached hydrogens (tertiary/aromatic N) is 3. The summed E-state index contributed by atoms with van der Waals surface area (Å²) in [4.78, 5) is 25.0. The first kappa shape index (κ1) is 18.5. The molecule has 0 atom stereocenters. The molecule has 7 heteroatoms. The SMILES string of the molecule is C=C(Nc1nc(C)nc(NC(=O)c2cccc(Cl)c2)n1)c1cccc(C)c1. The molecular weight excluding hydrogens is 362 g/mol. The molecule has 0 radical (unpaired) electrons. The number of anilines is 2. The van der Waals surface area contributed by atoms with Crippen LogP contribution >= 0.6 is 11.6 Å². The fraction of sp³-hybridized carbons (Fsp3) is 0.100. The standard InChI is InChI=1S/C20H18ClN5O/c1-12-6-4-7-15(10-12)13(2)22-19-23-14(3)24-20(26-19)25-18(27)16-8-5-9-17(21)11-16/h4-11H,2H2,1,3H3,(H2,22,23,24,25,26,27). The third-order valence-corrected chi connectivity index (χ3v) is 3.92. The zero-order valence-electron chi connectivity index (χ0n) is 15.0. The van der Waals surface area contributed by atoms with Gasteiger partial charge in [0, 0.05) is 16.3 Å². The highest BCUT2D eigenvalue weighted by molar-refractivity contribution is 6.31. The quantitative estimate of drug-likeness (QED) is 0.683. The van der Waals surface area contributed by atoms with Crippen LogP contribution in [0.2, 0.25) is 5.02 Å². The molecular formula is C20H18ClN5O. The van der Waals surface area contributed by atoms with Gasteiger partial charge in [0.1, 0.15) is 5.82 Å². The topological polar surface area (TPSA) is 79.8 Å². The largest absolute Gasteiger partial charge is 0.324 e. The lowest BCUT2D eigenvalue weighted by Crippen LogP contribution is -2.16. The van der Waals surface area contributed by atoms with Crippen molar-refractivity contribution in [3.05, 3.63) is 82.6 Å². The summed E-state index contributed by atoms with van der Waals surface area (Å²) in [5.74, 6) is 0.555. The molecule has 2 aromatic carbocycles.